The summed E-state index contributed by atoms with van der Waals surface area (Å²) in [5, 5.41) is 0. The van der Waals surface area contributed by atoms with Gasteiger partial charge in [0.15, 0.2) is 0 Å². The third-order valence-corrected chi connectivity index (χ3v) is 3.58. The molecule has 1 aliphatic carbocycles. The summed E-state index contributed by atoms with van der Waals surface area (Å²) >= 11 is 0. The van der Waals surface area contributed by atoms with Gasteiger partial charge in [-0.1, -0.05) is 91.1 Å². The third-order valence-electron chi connectivity index (χ3n) is 3.58. The molecule has 20 heavy (non-hydrogen) atoms. The molecule has 0 heterocycles. The van der Waals surface area contributed by atoms with Crippen molar-refractivity contribution in [3.05, 3.63) is 96.6 Å². The second kappa shape index (κ2) is 6.21. The molecule has 98 valence electrons. The van der Waals surface area contributed by atoms with E-state index in [1.165, 1.54) is 16.7 Å². The van der Waals surface area contributed by atoms with Gasteiger partial charge in [-0.05, 0) is 29.0 Å². The van der Waals surface area contributed by atoms with Gasteiger partial charge in [-0.15, -0.1) is 0 Å². The molecule has 0 fully saturated rings. The van der Waals surface area contributed by atoms with Gasteiger partial charge in [-0.3, -0.25) is 0 Å². The highest BCUT2D eigenvalue weighted by Gasteiger charge is 2.03. The van der Waals surface area contributed by atoms with Crippen LogP contribution in [0.4, 0.5) is 0 Å². The van der Waals surface area contributed by atoms with Crippen molar-refractivity contribution in [3.63, 3.8) is 0 Å². The monoisotopic (exact) mass is 258 g/mol. The lowest BCUT2D eigenvalue weighted by Crippen LogP contribution is -1.97. The summed E-state index contributed by atoms with van der Waals surface area (Å²) in [4.78, 5) is 0. The van der Waals surface area contributed by atoms with E-state index < -0.39 is 0 Å². The van der Waals surface area contributed by atoms with E-state index in [4.69, 9.17) is 0 Å². The van der Waals surface area contributed by atoms with Crippen LogP contribution in [0.1, 0.15) is 5.56 Å². The molecule has 0 bridgehead atoms. The SMILES string of the molecule is C1=CC=CC(Cc2ccc(-c3ccccc3)cc2)C=C1. The number of rotatable bonds is 3. The van der Waals surface area contributed by atoms with Gasteiger partial charge in [0.2, 0.25) is 0 Å². The van der Waals surface area contributed by atoms with E-state index in [0.29, 0.717) is 5.92 Å². The fourth-order valence-electron chi connectivity index (χ4n) is 2.48. The lowest BCUT2D eigenvalue weighted by Gasteiger charge is -2.08. The standard InChI is InChI=1S/C20H18/c1-2-5-9-17(8-4-1)16-18-12-14-20(15-13-18)19-10-6-3-7-11-19/h1-15,17H,16H2. The Bertz CT molecular complexity index is 611. The predicted octanol–water partition coefficient (Wildman–Crippen LogP) is 5.19. The zero-order valence-electron chi connectivity index (χ0n) is 11.4. The molecule has 0 radical (unpaired) electrons. The normalized spacial score (nSPS) is 14.4. The summed E-state index contributed by atoms with van der Waals surface area (Å²) in [5.74, 6) is 0.493. The first-order chi connectivity index (χ1) is 9.92. The zero-order valence-corrected chi connectivity index (χ0v) is 11.4. The molecule has 0 unspecified atom stereocenters. The van der Waals surface area contributed by atoms with Gasteiger partial charge in [-0.25, -0.2) is 0 Å². The van der Waals surface area contributed by atoms with Crippen LogP contribution >= 0.6 is 0 Å². The molecule has 3 rings (SSSR count). The van der Waals surface area contributed by atoms with Crippen LogP contribution in [0.5, 0.6) is 0 Å². The molecule has 0 N–H and O–H groups in total. The number of hydrogen-bond donors (Lipinski definition) is 0. The molecule has 0 aromatic heterocycles. The fourth-order valence-corrected chi connectivity index (χ4v) is 2.48. The van der Waals surface area contributed by atoms with E-state index in [-0.39, 0.29) is 0 Å². The van der Waals surface area contributed by atoms with Crippen molar-refractivity contribution in [3.8, 4) is 11.1 Å². The minimum atomic E-state index is 0.493. The van der Waals surface area contributed by atoms with Gasteiger partial charge in [0.25, 0.3) is 0 Å². The topological polar surface area (TPSA) is 0 Å². The molecule has 0 atom stereocenters. The maximum Gasteiger partial charge on any atom is -0.000683 e. The summed E-state index contributed by atoms with van der Waals surface area (Å²) in [5.41, 5.74) is 3.94. The van der Waals surface area contributed by atoms with Crippen molar-refractivity contribution in [1.29, 1.82) is 0 Å². The molecule has 0 heteroatoms. The lowest BCUT2D eigenvalue weighted by molar-refractivity contribution is 0.806. The minimum absolute atomic E-state index is 0.493. The summed E-state index contributed by atoms with van der Waals surface area (Å²) < 4.78 is 0. The second-order valence-corrected chi connectivity index (χ2v) is 5.09. The molecule has 0 nitrogen and oxygen atoms in total. The summed E-state index contributed by atoms with van der Waals surface area (Å²) in [6.07, 6.45) is 14.0. The maximum atomic E-state index is 2.26. The van der Waals surface area contributed by atoms with E-state index in [0.717, 1.165) is 6.42 Å². The number of benzene rings is 2. The minimum Gasteiger partial charge on any atom is -0.0773 e. The zero-order chi connectivity index (χ0) is 13.6. The Balaban J connectivity index is 1.73. The average Bonchev–Trinajstić information content (AvgIpc) is 2.78. The van der Waals surface area contributed by atoms with Gasteiger partial charge >= 0.3 is 0 Å². The van der Waals surface area contributed by atoms with Gasteiger partial charge in [0.05, 0.1) is 0 Å². The van der Waals surface area contributed by atoms with Crippen LogP contribution in [0.2, 0.25) is 0 Å². The Hall–Kier alpha value is -2.34. The highest BCUT2D eigenvalue weighted by molar-refractivity contribution is 5.63. The van der Waals surface area contributed by atoms with E-state index >= 15 is 0 Å². The first-order valence-corrected chi connectivity index (χ1v) is 7.08. The predicted molar refractivity (Wildman–Crippen MR) is 86.5 cm³/mol. The van der Waals surface area contributed by atoms with Crippen molar-refractivity contribution in [1.82, 2.24) is 0 Å². The van der Waals surface area contributed by atoms with Crippen LogP contribution < -0.4 is 0 Å². The number of hydrogen-bond acceptors (Lipinski definition) is 0. The molecule has 1 aliphatic rings. The highest BCUT2D eigenvalue weighted by atomic mass is 14.1. The third kappa shape index (κ3) is 3.16. The van der Waals surface area contributed by atoms with Crippen molar-refractivity contribution < 1.29 is 0 Å². The quantitative estimate of drug-likeness (QED) is 0.710. The lowest BCUT2D eigenvalue weighted by atomic mass is 9.96. The average molecular weight is 258 g/mol. The molecule has 0 saturated carbocycles. The first-order valence-electron chi connectivity index (χ1n) is 7.08. The van der Waals surface area contributed by atoms with Gasteiger partial charge < -0.3 is 0 Å². The van der Waals surface area contributed by atoms with Gasteiger partial charge in [-0.2, -0.15) is 0 Å². The van der Waals surface area contributed by atoms with E-state index in [1.54, 1.807) is 0 Å². The van der Waals surface area contributed by atoms with Crippen LogP contribution in [0.3, 0.4) is 0 Å². The van der Waals surface area contributed by atoms with Crippen LogP contribution in [0, 0.1) is 5.92 Å². The smallest absolute Gasteiger partial charge is 0.000683 e. The van der Waals surface area contributed by atoms with Crippen LogP contribution in [0.15, 0.2) is 91.1 Å². The van der Waals surface area contributed by atoms with Gasteiger partial charge in [0.1, 0.15) is 0 Å². The number of allylic oxidation sites excluding steroid dienone is 6. The molecular weight excluding hydrogens is 240 g/mol. The molecule has 2 aromatic carbocycles. The summed E-state index contributed by atoms with van der Waals surface area (Å²) in [6.45, 7) is 0. The van der Waals surface area contributed by atoms with Crippen molar-refractivity contribution in [2.45, 2.75) is 6.42 Å². The van der Waals surface area contributed by atoms with Crippen LogP contribution in [-0.2, 0) is 6.42 Å². The molecule has 0 spiro atoms. The van der Waals surface area contributed by atoms with E-state index in [1.807, 2.05) is 0 Å². The highest BCUT2D eigenvalue weighted by Crippen LogP contribution is 2.21. The Labute approximate surface area is 120 Å². The molecule has 2 aromatic rings. The van der Waals surface area contributed by atoms with Crippen molar-refractivity contribution in [2.24, 2.45) is 5.92 Å². The molecule has 0 amide bonds. The Kier molecular flexibility index (Phi) is 3.93. The Morgan fingerprint density at radius 3 is 1.85 bits per heavy atom. The van der Waals surface area contributed by atoms with Gasteiger partial charge in [0, 0.05) is 0 Å². The van der Waals surface area contributed by atoms with E-state index in [2.05, 4.69) is 91.1 Å². The molecule has 0 aliphatic heterocycles. The van der Waals surface area contributed by atoms with E-state index in [9.17, 15) is 0 Å². The Morgan fingerprint density at radius 2 is 1.20 bits per heavy atom. The van der Waals surface area contributed by atoms with Crippen LogP contribution in [-0.4, -0.2) is 0 Å². The van der Waals surface area contributed by atoms with Crippen molar-refractivity contribution in [2.75, 3.05) is 0 Å². The molecule has 0 saturated heterocycles. The van der Waals surface area contributed by atoms with Crippen molar-refractivity contribution >= 4 is 0 Å². The summed E-state index contributed by atoms with van der Waals surface area (Å²) in [6, 6.07) is 19.4. The van der Waals surface area contributed by atoms with Crippen LogP contribution in [0.25, 0.3) is 11.1 Å². The Morgan fingerprint density at radius 1 is 0.600 bits per heavy atom. The fraction of sp³-hybridized carbons (Fsp3) is 0.100. The maximum absolute atomic E-state index is 2.26. The molecular formula is C20H18. The second-order valence-electron chi connectivity index (χ2n) is 5.09. The summed E-state index contributed by atoms with van der Waals surface area (Å²) in [7, 11) is 0. The largest absolute Gasteiger partial charge is 0.0773 e. The first kappa shape index (κ1) is 12.7.